The van der Waals surface area contributed by atoms with E-state index >= 15 is 0 Å². The normalized spacial score (nSPS) is 11.7. The van der Waals surface area contributed by atoms with Gasteiger partial charge in [0, 0.05) is 29.7 Å². The first kappa shape index (κ1) is 14.1. The number of fused-ring (bicyclic) bond motifs is 1. The minimum absolute atomic E-state index is 0.580. The zero-order valence-electron chi connectivity index (χ0n) is 12.9. The van der Waals surface area contributed by atoms with Gasteiger partial charge in [0.15, 0.2) is 0 Å². The van der Waals surface area contributed by atoms with Gasteiger partial charge in [-0.25, -0.2) is 0 Å². The van der Waals surface area contributed by atoms with Gasteiger partial charge in [-0.15, -0.1) is 0 Å². The molecule has 0 atom stereocenters. The lowest BCUT2D eigenvalue weighted by Crippen LogP contribution is -2.23. The highest BCUT2D eigenvalue weighted by atomic mass is 14.9. The molecule has 0 fully saturated rings. The van der Waals surface area contributed by atoms with E-state index in [4.69, 9.17) is 0 Å². The molecule has 1 aromatic carbocycles. The van der Waals surface area contributed by atoms with Crippen LogP contribution in [0, 0.1) is 13.8 Å². The van der Waals surface area contributed by atoms with Crippen molar-refractivity contribution in [1.29, 1.82) is 0 Å². The first-order valence-corrected chi connectivity index (χ1v) is 7.28. The Kier molecular flexibility index (Phi) is 4.31. The van der Waals surface area contributed by atoms with Crippen molar-refractivity contribution in [2.24, 2.45) is 7.05 Å². The van der Waals surface area contributed by atoms with Crippen LogP contribution < -0.4 is 5.32 Å². The summed E-state index contributed by atoms with van der Waals surface area (Å²) in [5.41, 5.74) is 5.62. The summed E-state index contributed by atoms with van der Waals surface area (Å²) in [4.78, 5) is 0. The highest BCUT2D eigenvalue weighted by Gasteiger charge is 2.11. The van der Waals surface area contributed by atoms with E-state index in [-0.39, 0.29) is 0 Å². The summed E-state index contributed by atoms with van der Waals surface area (Å²) in [5.74, 6) is 0. The van der Waals surface area contributed by atoms with Crippen LogP contribution in [0.5, 0.6) is 0 Å². The topological polar surface area (TPSA) is 17.0 Å². The second-order valence-electron chi connectivity index (χ2n) is 5.86. The molecule has 2 heteroatoms. The van der Waals surface area contributed by atoms with Crippen LogP contribution in [0.2, 0.25) is 0 Å². The SMILES string of the molecule is Cc1ccc2c(CCCNC(C)C)c(C)n(C)c2c1. The fourth-order valence-electron chi connectivity index (χ4n) is 2.72. The maximum atomic E-state index is 3.49. The molecule has 0 radical (unpaired) electrons. The average Bonchev–Trinajstić information content (AvgIpc) is 2.59. The standard InChI is InChI=1S/C17H26N2/c1-12(2)18-10-6-7-15-14(4)19(5)17-11-13(3)8-9-16(15)17/h8-9,11-12,18H,6-7,10H2,1-5H3. The fraction of sp³-hybridized carbons (Fsp3) is 0.529. The van der Waals surface area contributed by atoms with Gasteiger partial charge in [-0.3, -0.25) is 0 Å². The van der Waals surface area contributed by atoms with Crippen molar-refractivity contribution in [3.63, 3.8) is 0 Å². The molecule has 19 heavy (non-hydrogen) atoms. The summed E-state index contributed by atoms with van der Waals surface area (Å²) < 4.78 is 2.33. The van der Waals surface area contributed by atoms with Crippen LogP contribution in [0.1, 0.15) is 37.1 Å². The number of nitrogens with zero attached hydrogens (tertiary/aromatic N) is 1. The van der Waals surface area contributed by atoms with Crippen molar-refractivity contribution in [3.05, 3.63) is 35.0 Å². The van der Waals surface area contributed by atoms with Crippen LogP contribution >= 0.6 is 0 Å². The molecule has 0 aliphatic carbocycles. The van der Waals surface area contributed by atoms with Crippen molar-refractivity contribution in [1.82, 2.24) is 9.88 Å². The lowest BCUT2D eigenvalue weighted by molar-refractivity contribution is 0.570. The summed E-state index contributed by atoms with van der Waals surface area (Å²) in [7, 11) is 2.17. The zero-order valence-corrected chi connectivity index (χ0v) is 12.9. The third-order valence-corrected chi connectivity index (χ3v) is 3.94. The number of aromatic nitrogens is 1. The monoisotopic (exact) mass is 258 g/mol. The van der Waals surface area contributed by atoms with Crippen molar-refractivity contribution < 1.29 is 0 Å². The van der Waals surface area contributed by atoms with E-state index in [2.05, 4.69) is 62.8 Å². The number of aryl methyl sites for hydroxylation is 3. The molecule has 0 unspecified atom stereocenters. The van der Waals surface area contributed by atoms with E-state index in [0.717, 1.165) is 13.0 Å². The summed E-state index contributed by atoms with van der Waals surface area (Å²) >= 11 is 0. The average molecular weight is 258 g/mol. The quantitative estimate of drug-likeness (QED) is 0.809. The van der Waals surface area contributed by atoms with Gasteiger partial charge in [0.2, 0.25) is 0 Å². The van der Waals surface area contributed by atoms with Crippen LogP contribution in [0.25, 0.3) is 10.9 Å². The maximum absolute atomic E-state index is 3.49. The van der Waals surface area contributed by atoms with Crippen LogP contribution in [0.3, 0.4) is 0 Å². The van der Waals surface area contributed by atoms with E-state index in [1.54, 1.807) is 0 Å². The Labute approximate surface area is 116 Å². The van der Waals surface area contributed by atoms with E-state index < -0.39 is 0 Å². The fourth-order valence-corrected chi connectivity index (χ4v) is 2.72. The molecule has 104 valence electrons. The van der Waals surface area contributed by atoms with E-state index in [9.17, 15) is 0 Å². The number of hydrogen-bond acceptors (Lipinski definition) is 1. The van der Waals surface area contributed by atoms with Crippen molar-refractivity contribution in [2.75, 3.05) is 6.54 Å². The molecular formula is C17H26N2. The highest BCUT2D eigenvalue weighted by molar-refractivity contribution is 5.86. The number of benzene rings is 1. The molecule has 2 rings (SSSR count). The Morgan fingerprint density at radius 2 is 1.95 bits per heavy atom. The van der Waals surface area contributed by atoms with Crippen LogP contribution in [-0.4, -0.2) is 17.2 Å². The molecule has 0 aliphatic rings. The minimum Gasteiger partial charge on any atom is -0.348 e. The number of nitrogens with one attached hydrogen (secondary N) is 1. The smallest absolute Gasteiger partial charge is 0.0485 e. The molecule has 2 nitrogen and oxygen atoms in total. The Morgan fingerprint density at radius 1 is 1.21 bits per heavy atom. The molecule has 0 bridgehead atoms. The highest BCUT2D eigenvalue weighted by Crippen LogP contribution is 2.26. The van der Waals surface area contributed by atoms with Crippen molar-refractivity contribution in [3.8, 4) is 0 Å². The van der Waals surface area contributed by atoms with E-state index in [0.29, 0.717) is 6.04 Å². The lowest BCUT2D eigenvalue weighted by Gasteiger charge is -2.08. The maximum Gasteiger partial charge on any atom is 0.0485 e. The van der Waals surface area contributed by atoms with Gasteiger partial charge in [-0.1, -0.05) is 26.0 Å². The van der Waals surface area contributed by atoms with Gasteiger partial charge >= 0.3 is 0 Å². The molecule has 0 saturated heterocycles. The lowest BCUT2D eigenvalue weighted by atomic mass is 10.0. The molecule has 0 amide bonds. The second-order valence-corrected chi connectivity index (χ2v) is 5.86. The van der Waals surface area contributed by atoms with Crippen LogP contribution in [0.15, 0.2) is 18.2 Å². The summed E-state index contributed by atoms with van der Waals surface area (Å²) in [6.45, 7) is 9.89. The van der Waals surface area contributed by atoms with E-state index in [1.165, 1.54) is 34.1 Å². The van der Waals surface area contributed by atoms with Crippen molar-refractivity contribution in [2.45, 2.75) is 46.6 Å². The molecule has 1 N–H and O–H groups in total. The Hall–Kier alpha value is -1.28. The first-order valence-electron chi connectivity index (χ1n) is 7.28. The summed E-state index contributed by atoms with van der Waals surface area (Å²) in [5, 5.41) is 4.92. The molecule has 0 saturated carbocycles. The third-order valence-electron chi connectivity index (χ3n) is 3.94. The van der Waals surface area contributed by atoms with Crippen LogP contribution in [0.4, 0.5) is 0 Å². The van der Waals surface area contributed by atoms with Crippen molar-refractivity contribution >= 4 is 10.9 Å². The molecule has 1 heterocycles. The molecule has 0 aliphatic heterocycles. The van der Waals surface area contributed by atoms with Gasteiger partial charge in [0.1, 0.15) is 0 Å². The summed E-state index contributed by atoms with van der Waals surface area (Å²) in [6, 6.07) is 7.37. The molecule has 0 spiro atoms. The predicted molar refractivity (Wildman–Crippen MR) is 83.9 cm³/mol. The largest absolute Gasteiger partial charge is 0.348 e. The minimum atomic E-state index is 0.580. The predicted octanol–water partition coefficient (Wildman–Crippen LogP) is 3.73. The number of rotatable bonds is 5. The molecule has 1 aromatic heterocycles. The number of hydrogen-bond donors (Lipinski definition) is 1. The summed E-state index contributed by atoms with van der Waals surface area (Å²) in [6.07, 6.45) is 2.36. The Morgan fingerprint density at radius 3 is 2.63 bits per heavy atom. The molecule has 2 aromatic rings. The zero-order chi connectivity index (χ0) is 14.0. The van der Waals surface area contributed by atoms with E-state index in [1.807, 2.05) is 0 Å². The molecular weight excluding hydrogens is 232 g/mol. The van der Waals surface area contributed by atoms with Gasteiger partial charge in [-0.05, 0) is 50.4 Å². The first-order chi connectivity index (χ1) is 9.00. The second kappa shape index (κ2) is 5.79. The van der Waals surface area contributed by atoms with Gasteiger partial charge < -0.3 is 9.88 Å². The Bertz CT molecular complexity index is 564. The van der Waals surface area contributed by atoms with Gasteiger partial charge in [0.25, 0.3) is 0 Å². The van der Waals surface area contributed by atoms with Crippen LogP contribution in [-0.2, 0) is 13.5 Å². The Balaban J connectivity index is 2.20. The third kappa shape index (κ3) is 3.01. The van der Waals surface area contributed by atoms with Gasteiger partial charge in [-0.2, -0.15) is 0 Å². The van der Waals surface area contributed by atoms with Gasteiger partial charge in [0.05, 0.1) is 0 Å².